The Morgan fingerprint density at radius 2 is 2.05 bits per heavy atom. The fraction of sp³-hybridized carbons (Fsp3) is 0.750. The van der Waals surface area contributed by atoms with Crippen molar-refractivity contribution in [1.29, 1.82) is 0 Å². The van der Waals surface area contributed by atoms with Gasteiger partial charge in [-0.05, 0) is 25.2 Å². The third kappa shape index (κ3) is 4.11. The van der Waals surface area contributed by atoms with Crippen molar-refractivity contribution in [2.24, 2.45) is 11.7 Å². The van der Waals surface area contributed by atoms with Gasteiger partial charge in [-0.15, -0.1) is 0 Å². The van der Waals surface area contributed by atoms with Crippen LogP contribution in [0.5, 0.6) is 0 Å². The fourth-order valence-corrected chi connectivity index (χ4v) is 2.23. The summed E-state index contributed by atoms with van der Waals surface area (Å²) < 4.78 is 0. The molecule has 0 spiro atoms. The molecule has 1 saturated heterocycles. The number of carboxylic acids is 1. The molecule has 3 amide bonds. The van der Waals surface area contributed by atoms with E-state index in [1.165, 1.54) is 4.90 Å². The normalized spacial score (nSPS) is 20.4. The van der Waals surface area contributed by atoms with Crippen LogP contribution in [-0.2, 0) is 9.59 Å². The number of hydrogen-bond donors (Lipinski definition) is 3. The monoisotopic (exact) mass is 271 g/mol. The Bertz CT molecular complexity index is 370. The Hall–Kier alpha value is -1.79. The number of nitrogens with two attached hydrogens (primary N) is 1. The maximum atomic E-state index is 12.0. The van der Waals surface area contributed by atoms with Crippen molar-refractivity contribution in [1.82, 2.24) is 10.2 Å². The molecule has 0 aromatic rings. The highest BCUT2D eigenvalue weighted by Crippen LogP contribution is 2.17. The molecule has 1 aliphatic heterocycles. The number of carboxylic acid groups (broad SMARTS) is 1. The minimum Gasteiger partial charge on any atom is -0.480 e. The first-order valence-corrected chi connectivity index (χ1v) is 6.42. The van der Waals surface area contributed by atoms with E-state index in [0.29, 0.717) is 25.8 Å². The Morgan fingerprint density at radius 3 is 2.53 bits per heavy atom. The molecule has 0 bridgehead atoms. The summed E-state index contributed by atoms with van der Waals surface area (Å²) in [6, 6.07) is -2.11. The zero-order valence-electron chi connectivity index (χ0n) is 11.3. The Balaban J connectivity index is 2.66. The van der Waals surface area contributed by atoms with Crippen molar-refractivity contribution >= 4 is 17.9 Å². The highest BCUT2D eigenvalue weighted by molar-refractivity contribution is 5.88. The number of nitrogens with one attached hydrogen (secondary N) is 1. The van der Waals surface area contributed by atoms with Gasteiger partial charge in [0.2, 0.25) is 5.91 Å². The number of likely N-dealkylation sites (tertiary alicyclic amines) is 1. The van der Waals surface area contributed by atoms with Crippen LogP contribution in [0.15, 0.2) is 0 Å². The van der Waals surface area contributed by atoms with Crippen molar-refractivity contribution in [3.8, 4) is 0 Å². The topological polar surface area (TPSA) is 113 Å². The fourth-order valence-electron chi connectivity index (χ4n) is 2.23. The summed E-state index contributed by atoms with van der Waals surface area (Å²) in [6.07, 6.45) is 1.57. The van der Waals surface area contributed by atoms with Crippen molar-refractivity contribution in [2.45, 2.75) is 45.2 Å². The number of amides is 3. The summed E-state index contributed by atoms with van der Waals surface area (Å²) in [5, 5.41) is 11.5. The number of urea groups is 1. The Morgan fingerprint density at radius 1 is 1.42 bits per heavy atom. The molecule has 0 aromatic heterocycles. The van der Waals surface area contributed by atoms with Crippen LogP contribution in [-0.4, -0.2) is 46.5 Å². The minimum atomic E-state index is -1.07. The van der Waals surface area contributed by atoms with E-state index in [9.17, 15) is 14.4 Å². The van der Waals surface area contributed by atoms with Crippen LogP contribution in [0.2, 0.25) is 0 Å². The SMILES string of the molecule is CC(C)C[C@@H](NC(=O)N1CCCC1C(N)=O)C(=O)O. The van der Waals surface area contributed by atoms with E-state index in [1.54, 1.807) is 0 Å². The lowest BCUT2D eigenvalue weighted by molar-refractivity contribution is -0.139. The van der Waals surface area contributed by atoms with Gasteiger partial charge in [0.05, 0.1) is 0 Å². The summed E-state index contributed by atoms with van der Waals surface area (Å²) >= 11 is 0. The summed E-state index contributed by atoms with van der Waals surface area (Å²) in [6.45, 7) is 4.18. The van der Waals surface area contributed by atoms with Gasteiger partial charge < -0.3 is 21.1 Å². The van der Waals surface area contributed by atoms with Gasteiger partial charge in [0.1, 0.15) is 12.1 Å². The molecule has 0 radical (unpaired) electrons. The molecule has 2 atom stereocenters. The van der Waals surface area contributed by atoms with Crippen molar-refractivity contribution < 1.29 is 19.5 Å². The molecule has 108 valence electrons. The molecular formula is C12H21N3O4. The summed E-state index contributed by atoms with van der Waals surface area (Å²) in [7, 11) is 0. The molecular weight excluding hydrogens is 250 g/mol. The van der Waals surface area contributed by atoms with Gasteiger partial charge in [-0.3, -0.25) is 4.79 Å². The molecule has 0 aliphatic carbocycles. The Labute approximate surface area is 112 Å². The van der Waals surface area contributed by atoms with Gasteiger partial charge in [0.15, 0.2) is 0 Å². The Kier molecular flexibility index (Phi) is 5.14. The van der Waals surface area contributed by atoms with Gasteiger partial charge in [-0.2, -0.15) is 0 Å². The van der Waals surface area contributed by atoms with Crippen LogP contribution in [0.3, 0.4) is 0 Å². The summed E-state index contributed by atoms with van der Waals surface area (Å²) in [5.74, 6) is -1.48. The van der Waals surface area contributed by atoms with Crippen LogP contribution >= 0.6 is 0 Å². The quantitative estimate of drug-likeness (QED) is 0.660. The van der Waals surface area contributed by atoms with Gasteiger partial charge in [0, 0.05) is 6.54 Å². The van der Waals surface area contributed by atoms with Gasteiger partial charge in [-0.1, -0.05) is 13.8 Å². The lowest BCUT2D eigenvalue weighted by Gasteiger charge is -2.25. The number of carbonyl (C=O) groups excluding carboxylic acids is 2. The lowest BCUT2D eigenvalue weighted by Crippen LogP contribution is -2.52. The second-order valence-electron chi connectivity index (χ2n) is 5.22. The predicted octanol–water partition coefficient (Wildman–Crippen LogP) is 0.145. The average Bonchev–Trinajstić information content (AvgIpc) is 2.76. The molecule has 1 heterocycles. The van der Waals surface area contributed by atoms with Crippen molar-refractivity contribution in [3.05, 3.63) is 0 Å². The van der Waals surface area contributed by atoms with Crippen molar-refractivity contribution in [2.75, 3.05) is 6.54 Å². The lowest BCUT2D eigenvalue weighted by atomic mass is 10.0. The molecule has 1 fully saturated rings. The van der Waals surface area contributed by atoms with E-state index in [1.807, 2.05) is 13.8 Å². The van der Waals surface area contributed by atoms with Gasteiger partial charge in [0.25, 0.3) is 0 Å². The number of carbonyl (C=O) groups is 3. The first kappa shape index (κ1) is 15.3. The highest BCUT2D eigenvalue weighted by Gasteiger charge is 2.34. The third-order valence-corrected chi connectivity index (χ3v) is 3.14. The maximum Gasteiger partial charge on any atom is 0.326 e. The van der Waals surface area contributed by atoms with Crippen LogP contribution in [0, 0.1) is 5.92 Å². The summed E-state index contributed by atoms with van der Waals surface area (Å²) in [5.41, 5.74) is 5.22. The molecule has 1 rings (SSSR count). The minimum absolute atomic E-state index is 0.145. The first-order chi connectivity index (χ1) is 8.82. The number of rotatable bonds is 5. The largest absolute Gasteiger partial charge is 0.480 e. The second-order valence-corrected chi connectivity index (χ2v) is 5.22. The zero-order chi connectivity index (χ0) is 14.6. The number of hydrogen-bond acceptors (Lipinski definition) is 3. The maximum absolute atomic E-state index is 12.0. The summed E-state index contributed by atoms with van der Waals surface area (Å²) in [4.78, 5) is 35.6. The van der Waals surface area contributed by atoms with E-state index in [4.69, 9.17) is 10.8 Å². The molecule has 0 saturated carbocycles. The van der Waals surface area contributed by atoms with E-state index in [2.05, 4.69) is 5.32 Å². The molecule has 7 heteroatoms. The third-order valence-electron chi connectivity index (χ3n) is 3.14. The molecule has 1 unspecified atom stereocenters. The standard InChI is InChI=1S/C12H21N3O4/c1-7(2)6-8(11(17)18)14-12(19)15-5-3-4-9(15)10(13)16/h7-9H,3-6H2,1-2H3,(H2,13,16)(H,14,19)(H,17,18)/t8-,9?/m1/s1. The van der Waals surface area contributed by atoms with Crippen LogP contribution in [0.4, 0.5) is 4.79 Å². The molecule has 19 heavy (non-hydrogen) atoms. The van der Waals surface area contributed by atoms with E-state index < -0.39 is 30.0 Å². The van der Waals surface area contributed by atoms with Gasteiger partial charge >= 0.3 is 12.0 Å². The average molecular weight is 271 g/mol. The first-order valence-electron chi connectivity index (χ1n) is 6.42. The molecule has 0 aromatic carbocycles. The molecule has 7 nitrogen and oxygen atoms in total. The van der Waals surface area contributed by atoms with Crippen LogP contribution in [0.25, 0.3) is 0 Å². The van der Waals surface area contributed by atoms with Crippen LogP contribution in [0.1, 0.15) is 33.1 Å². The second kappa shape index (κ2) is 6.40. The predicted molar refractivity (Wildman–Crippen MR) is 68.3 cm³/mol. The van der Waals surface area contributed by atoms with E-state index in [-0.39, 0.29) is 5.92 Å². The molecule has 4 N–H and O–H groups in total. The number of nitrogens with zero attached hydrogens (tertiary/aromatic N) is 1. The van der Waals surface area contributed by atoms with E-state index >= 15 is 0 Å². The highest BCUT2D eigenvalue weighted by atomic mass is 16.4. The van der Waals surface area contributed by atoms with Crippen LogP contribution < -0.4 is 11.1 Å². The number of aliphatic carboxylic acids is 1. The molecule has 1 aliphatic rings. The van der Waals surface area contributed by atoms with Gasteiger partial charge in [-0.25, -0.2) is 9.59 Å². The number of primary amides is 1. The smallest absolute Gasteiger partial charge is 0.326 e. The van der Waals surface area contributed by atoms with Crippen molar-refractivity contribution in [3.63, 3.8) is 0 Å². The van der Waals surface area contributed by atoms with E-state index in [0.717, 1.165) is 0 Å². The zero-order valence-corrected chi connectivity index (χ0v) is 11.3.